The molecule has 0 spiro atoms. The third-order valence-corrected chi connectivity index (χ3v) is 4.67. The van der Waals surface area contributed by atoms with Crippen molar-refractivity contribution in [3.63, 3.8) is 0 Å². The number of hydrogen-bond donors (Lipinski definition) is 3. The summed E-state index contributed by atoms with van der Waals surface area (Å²) in [6.07, 6.45) is 0.647. The molecule has 21 heavy (non-hydrogen) atoms. The third kappa shape index (κ3) is 2.48. The second-order valence-corrected chi connectivity index (χ2v) is 6.43. The maximum Gasteiger partial charge on any atom is 0.194 e. The quantitative estimate of drug-likeness (QED) is 0.482. The Morgan fingerprint density at radius 2 is 2.14 bits per heavy atom. The van der Waals surface area contributed by atoms with Gasteiger partial charge in [0.15, 0.2) is 27.0 Å². The predicted molar refractivity (Wildman–Crippen MR) is 87.0 cm³/mol. The zero-order chi connectivity index (χ0) is 15.1. The van der Waals surface area contributed by atoms with Crippen LogP contribution in [0, 0.1) is 3.83 Å². The molecule has 114 valence electrons. The van der Waals surface area contributed by atoms with Gasteiger partial charge in [-0.15, -0.1) is 11.8 Å². The number of hydrogen-bond acceptors (Lipinski definition) is 8. The smallest absolute Gasteiger partial charge is 0.194 e. The van der Waals surface area contributed by atoms with Crippen molar-refractivity contribution in [2.24, 2.45) is 0 Å². The maximum absolute atomic E-state index is 10.2. The molecular weight excluding hydrogens is 409 g/mol. The number of fused-ring (bicyclic) bond motifs is 1. The summed E-state index contributed by atoms with van der Waals surface area (Å²) >= 11 is 3.36. The van der Waals surface area contributed by atoms with E-state index in [1.54, 1.807) is 17.9 Å². The molecule has 4 atom stereocenters. The first-order chi connectivity index (χ1) is 10.1. The van der Waals surface area contributed by atoms with E-state index in [0.717, 1.165) is 0 Å². The number of nitrogens with zero attached hydrogens (tertiary/aromatic N) is 4. The van der Waals surface area contributed by atoms with E-state index < -0.39 is 23.9 Å². The fourth-order valence-electron chi connectivity index (χ4n) is 2.30. The van der Waals surface area contributed by atoms with E-state index in [-0.39, 0.29) is 0 Å². The highest BCUT2D eigenvalue weighted by molar-refractivity contribution is 14.1. The second-order valence-electron chi connectivity index (χ2n) is 4.53. The molecule has 3 heterocycles. The second kappa shape index (κ2) is 5.83. The van der Waals surface area contributed by atoms with E-state index in [0.29, 0.717) is 20.8 Å². The van der Waals surface area contributed by atoms with Crippen LogP contribution >= 0.6 is 34.4 Å². The molecule has 0 aliphatic carbocycles. The van der Waals surface area contributed by atoms with Crippen molar-refractivity contribution >= 4 is 51.3 Å². The Kier molecular flexibility index (Phi) is 4.23. The van der Waals surface area contributed by atoms with Crippen molar-refractivity contribution in [2.45, 2.75) is 23.9 Å². The Hall–Kier alpha value is -0.690. The molecule has 0 unspecified atom stereocenters. The van der Waals surface area contributed by atoms with Gasteiger partial charge in [-0.2, -0.15) is 0 Å². The number of nitrogens with one attached hydrogen (secondary N) is 1. The minimum Gasteiger partial charge on any atom is -0.387 e. The average molecular weight is 423 g/mol. The van der Waals surface area contributed by atoms with Crippen molar-refractivity contribution in [3.05, 3.63) is 10.2 Å². The minimum absolute atomic E-state index is 0.480. The lowest BCUT2D eigenvalue weighted by molar-refractivity contribution is -0.0192. The summed E-state index contributed by atoms with van der Waals surface area (Å²) in [4.78, 5) is 12.9. The Balaban J connectivity index is 2.07. The van der Waals surface area contributed by atoms with Crippen LogP contribution in [0.2, 0.25) is 0 Å². The SMILES string of the molecule is CNc1nc(I)nc2c1ncn2[C@@H]1O[C@H](SC)[C@@H](O)[C@H]1O. The first kappa shape index (κ1) is 15.2. The van der Waals surface area contributed by atoms with Gasteiger partial charge in [0.25, 0.3) is 0 Å². The Morgan fingerprint density at radius 1 is 1.38 bits per heavy atom. The summed E-state index contributed by atoms with van der Waals surface area (Å²) in [5.74, 6) is 0.609. The summed E-state index contributed by atoms with van der Waals surface area (Å²) in [6, 6.07) is 0. The van der Waals surface area contributed by atoms with Crippen LogP contribution in [0.3, 0.4) is 0 Å². The van der Waals surface area contributed by atoms with Crippen molar-refractivity contribution in [1.82, 2.24) is 19.5 Å². The number of halogens is 1. The number of aliphatic hydroxyl groups excluding tert-OH is 2. The predicted octanol–water partition coefficient (Wildman–Crippen LogP) is 0.412. The molecule has 10 heteroatoms. The van der Waals surface area contributed by atoms with Crippen LogP contribution in [-0.4, -0.2) is 60.7 Å². The zero-order valence-electron chi connectivity index (χ0n) is 11.3. The Morgan fingerprint density at radius 3 is 2.76 bits per heavy atom. The van der Waals surface area contributed by atoms with Gasteiger partial charge < -0.3 is 20.3 Å². The third-order valence-electron chi connectivity index (χ3n) is 3.33. The maximum atomic E-state index is 10.2. The van der Waals surface area contributed by atoms with Crippen LogP contribution < -0.4 is 5.32 Å². The fraction of sp³-hybridized carbons (Fsp3) is 0.545. The average Bonchev–Trinajstić information content (AvgIpc) is 3.01. The summed E-state index contributed by atoms with van der Waals surface area (Å²) in [6.45, 7) is 0. The van der Waals surface area contributed by atoms with Gasteiger partial charge in [-0.3, -0.25) is 4.57 Å². The van der Waals surface area contributed by atoms with Crippen LogP contribution in [0.5, 0.6) is 0 Å². The standard InChI is InChI=1S/C11H14IN5O3S/c1-13-7-4-8(16-11(12)15-7)17(3-14-4)9-5(18)6(19)10(20-9)21-2/h3,5-6,9-10,18-19H,1-2H3,(H,13,15,16)/t5-,6+,9-,10-/m1/s1. The molecule has 1 aliphatic rings. The van der Waals surface area contributed by atoms with Gasteiger partial charge in [-0.1, -0.05) is 0 Å². The number of aromatic nitrogens is 4. The molecule has 0 bridgehead atoms. The van der Waals surface area contributed by atoms with E-state index in [9.17, 15) is 10.2 Å². The van der Waals surface area contributed by atoms with E-state index >= 15 is 0 Å². The highest BCUT2D eigenvalue weighted by Gasteiger charge is 2.44. The molecule has 1 aliphatic heterocycles. The molecule has 2 aromatic rings. The summed E-state index contributed by atoms with van der Waals surface area (Å²) in [5.41, 5.74) is 0.666. The lowest BCUT2D eigenvalue weighted by Gasteiger charge is -2.16. The van der Waals surface area contributed by atoms with Gasteiger partial charge in [0.2, 0.25) is 0 Å². The van der Waals surface area contributed by atoms with E-state index in [1.807, 2.05) is 28.8 Å². The first-order valence-electron chi connectivity index (χ1n) is 6.19. The molecular formula is C11H14IN5O3S. The molecule has 8 nitrogen and oxygen atoms in total. The topological polar surface area (TPSA) is 105 Å². The van der Waals surface area contributed by atoms with Gasteiger partial charge >= 0.3 is 0 Å². The summed E-state index contributed by atoms with van der Waals surface area (Å²) < 4.78 is 7.89. The molecule has 0 aromatic carbocycles. The molecule has 2 aromatic heterocycles. The molecule has 3 rings (SSSR count). The largest absolute Gasteiger partial charge is 0.387 e. The number of imidazole rings is 1. The lowest BCUT2D eigenvalue weighted by Crippen LogP contribution is -2.30. The van der Waals surface area contributed by atoms with E-state index in [4.69, 9.17) is 4.74 Å². The molecule has 0 radical (unpaired) electrons. The van der Waals surface area contributed by atoms with Crippen LogP contribution in [0.15, 0.2) is 6.33 Å². The molecule has 0 saturated carbocycles. The van der Waals surface area contributed by atoms with E-state index in [1.165, 1.54) is 11.8 Å². The van der Waals surface area contributed by atoms with E-state index in [2.05, 4.69) is 20.3 Å². The first-order valence-corrected chi connectivity index (χ1v) is 8.55. The highest BCUT2D eigenvalue weighted by atomic mass is 127. The number of thioether (sulfide) groups is 1. The van der Waals surface area contributed by atoms with Crippen LogP contribution in [0.25, 0.3) is 11.2 Å². The normalized spacial score (nSPS) is 29.2. The molecule has 0 amide bonds. The number of anilines is 1. The van der Waals surface area contributed by atoms with Crippen molar-refractivity contribution in [1.29, 1.82) is 0 Å². The Bertz CT molecular complexity index is 669. The van der Waals surface area contributed by atoms with Crippen molar-refractivity contribution < 1.29 is 14.9 Å². The van der Waals surface area contributed by atoms with Gasteiger partial charge in [0.1, 0.15) is 17.6 Å². The summed E-state index contributed by atoms with van der Waals surface area (Å²) in [7, 11) is 1.76. The van der Waals surface area contributed by atoms with Crippen LogP contribution in [0.4, 0.5) is 5.82 Å². The highest BCUT2D eigenvalue weighted by Crippen LogP contribution is 2.35. The summed E-state index contributed by atoms with van der Waals surface area (Å²) in [5, 5.41) is 23.1. The van der Waals surface area contributed by atoms with Gasteiger partial charge in [-0.25, -0.2) is 15.0 Å². The Labute approximate surface area is 138 Å². The lowest BCUT2D eigenvalue weighted by atomic mass is 10.2. The number of aliphatic hydroxyl groups is 2. The van der Waals surface area contributed by atoms with Gasteiger partial charge in [0.05, 0.1) is 6.33 Å². The monoisotopic (exact) mass is 423 g/mol. The van der Waals surface area contributed by atoms with Gasteiger partial charge in [-0.05, 0) is 6.26 Å². The molecule has 1 fully saturated rings. The number of rotatable bonds is 3. The van der Waals surface area contributed by atoms with Crippen LogP contribution in [0.1, 0.15) is 6.23 Å². The van der Waals surface area contributed by atoms with Crippen molar-refractivity contribution in [3.8, 4) is 0 Å². The fourth-order valence-corrected chi connectivity index (χ4v) is 3.44. The zero-order valence-corrected chi connectivity index (χ0v) is 14.2. The minimum atomic E-state index is -1.04. The molecule has 1 saturated heterocycles. The molecule has 3 N–H and O–H groups in total. The van der Waals surface area contributed by atoms with Gasteiger partial charge in [0, 0.05) is 29.6 Å². The van der Waals surface area contributed by atoms with Crippen LogP contribution in [-0.2, 0) is 4.74 Å². The van der Waals surface area contributed by atoms with Crippen molar-refractivity contribution in [2.75, 3.05) is 18.6 Å². The number of ether oxygens (including phenoxy) is 1.